The molecule has 1 aromatic heterocycles. The van der Waals surface area contributed by atoms with E-state index in [0.717, 1.165) is 38.0 Å². The van der Waals surface area contributed by atoms with Gasteiger partial charge < -0.3 is 10.2 Å². The Balaban J connectivity index is 1.46. The molecule has 1 atom stereocenters. The number of hydrogen-bond donors (Lipinski definition) is 1. The van der Waals surface area contributed by atoms with Crippen LogP contribution in [0, 0.1) is 5.92 Å². The van der Waals surface area contributed by atoms with Crippen molar-refractivity contribution in [2.24, 2.45) is 5.92 Å². The Morgan fingerprint density at radius 3 is 2.63 bits per heavy atom. The lowest BCUT2D eigenvalue weighted by Gasteiger charge is -2.37. The molecule has 1 aromatic rings. The number of piperidine rings is 1. The molecule has 2 aliphatic rings. The first-order valence-electron chi connectivity index (χ1n) is 7.37. The summed E-state index contributed by atoms with van der Waals surface area (Å²) in [5, 5.41) is 3.50. The summed E-state index contributed by atoms with van der Waals surface area (Å²) < 4.78 is 0. The fourth-order valence-electron chi connectivity index (χ4n) is 3.03. The quantitative estimate of drug-likeness (QED) is 0.863. The molecule has 0 bridgehead atoms. The summed E-state index contributed by atoms with van der Waals surface area (Å²) in [7, 11) is 0. The monoisotopic (exact) mass is 261 g/mol. The van der Waals surface area contributed by atoms with Crippen molar-refractivity contribution in [2.75, 3.05) is 50.7 Å². The lowest BCUT2D eigenvalue weighted by molar-refractivity contribution is 0.198. The largest absolute Gasteiger partial charge is 0.338 e. The van der Waals surface area contributed by atoms with Crippen molar-refractivity contribution in [1.29, 1.82) is 0 Å². The van der Waals surface area contributed by atoms with E-state index in [1.807, 2.05) is 18.5 Å². The minimum Gasteiger partial charge on any atom is -0.338 e. The number of nitrogens with one attached hydrogen (secondary N) is 1. The number of hydrogen-bond acceptors (Lipinski definition) is 5. The maximum absolute atomic E-state index is 4.33. The molecule has 0 amide bonds. The molecule has 1 N–H and O–H groups in total. The van der Waals surface area contributed by atoms with Gasteiger partial charge in [0.25, 0.3) is 0 Å². The molecule has 0 aliphatic carbocycles. The van der Waals surface area contributed by atoms with Crippen LogP contribution in [-0.4, -0.2) is 60.7 Å². The lowest BCUT2D eigenvalue weighted by Crippen LogP contribution is -2.49. The first-order valence-corrected chi connectivity index (χ1v) is 7.37. The van der Waals surface area contributed by atoms with E-state index in [2.05, 4.69) is 25.1 Å². The Morgan fingerprint density at radius 2 is 1.95 bits per heavy atom. The van der Waals surface area contributed by atoms with E-state index in [4.69, 9.17) is 0 Å². The van der Waals surface area contributed by atoms with Gasteiger partial charge in [0.1, 0.15) is 0 Å². The molecule has 1 unspecified atom stereocenters. The third-order valence-electron chi connectivity index (χ3n) is 4.12. The van der Waals surface area contributed by atoms with Gasteiger partial charge in [-0.25, -0.2) is 9.97 Å². The summed E-state index contributed by atoms with van der Waals surface area (Å²) in [5.74, 6) is 1.72. The highest BCUT2D eigenvalue weighted by Gasteiger charge is 2.22. The van der Waals surface area contributed by atoms with Crippen LogP contribution in [0.15, 0.2) is 18.5 Å². The third kappa shape index (κ3) is 3.42. The SMILES string of the molecule is c1cnc(N2CCN(CC3CCCNC3)CC2)nc1. The van der Waals surface area contributed by atoms with Gasteiger partial charge in [-0.2, -0.15) is 0 Å². The van der Waals surface area contributed by atoms with E-state index < -0.39 is 0 Å². The summed E-state index contributed by atoms with van der Waals surface area (Å²) in [6, 6.07) is 1.87. The second-order valence-corrected chi connectivity index (χ2v) is 5.55. The number of rotatable bonds is 3. The number of aromatic nitrogens is 2. The number of piperazine rings is 1. The Morgan fingerprint density at radius 1 is 1.16 bits per heavy atom. The fraction of sp³-hybridized carbons (Fsp3) is 0.714. The molecule has 0 aromatic carbocycles. The molecule has 3 rings (SSSR count). The molecule has 0 radical (unpaired) electrons. The zero-order valence-electron chi connectivity index (χ0n) is 11.5. The zero-order valence-corrected chi connectivity index (χ0v) is 11.5. The summed E-state index contributed by atoms with van der Waals surface area (Å²) in [6.07, 6.45) is 6.36. The molecule has 3 heterocycles. The van der Waals surface area contributed by atoms with Crippen LogP contribution in [-0.2, 0) is 0 Å². The molecule has 2 aliphatic heterocycles. The highest BCUT2D eigenvalue weighted by atomic mass is 15.3. The van der Waals surface area contributed by atoms with Crippen LogP contribution in [0.3, 0.4) is 0 Å². The lowest BCUT2D eigenvalue weighted by atomic mass is 9.99. The van der Waals surface area contributed by atoms with Crippen molar-refractivity contribution >= 4 is 5.95 Å². The number of nitrogens with zero attached hydrogens (tertiary/aromatic N) is 4. The Hall–Kier alpha value is -1.20. The minimum absolute atomic E-state index is 0.841. The van der Waals surface area contributed by atoms with Crippen LogP contribution in [0.1, 0.15) is 12.8 Å². The predicted octanol–water partition coefficient (Wildman–Crippen LogP) is 0.598. The summed E-state index contributed by atoms with van der Waals surface area (Å²) >= 11 is 0. The van der Waals surface area contributed by atoms with Gasteiger partial charge in [0, 0.05) is 45.1 Å². The van der Waals surface area contributed by atoms with Gasteiger partial charge in [0.15, 0.2) is 0 Å². The molecule has 5 nitrogen and oxygen atoms in total. The number of anilines is 1. The van der Waals surface area contributed by atoms with E-state index in [1.165, 1.54) is 32.5 Å². The summed E-state index contributed by atoms with van der Waals surface area (Å²) in [5.41, 5.74) is 0. The highest BCUT2D eigenvalue weighted by molar-refractivity contribution is 5.29. The van der Waals surface area contributed by atoms with E-state index in [9.17, 15) is 0 Å². The predicted molar refractivity (Wildman–Crippen MR) is 76.3 cm³/mol. The van der Waals surface area contributed by atoms with Crippen LogP contribution in [0.5, 0.6) is 0 Å². The third-order valence-corrected chi connectivity index (χ3v) is 4.12. The summed E-state index contributed by atoms with van der Waals surface area (Å²) in [4.78, 5) is 13.5. The van der Waals surface area contributed by atoms with Gasteiger partial charge in [-0.3, -0.25) is 4.90 Å². The second kappa shape index (κ2) is 6.30. The smallest absolute Gasteiger partial charge is 0.225 e. The van der Waals surface area contributed by atoms with E-state index in [0.29, 0.717) is 0 Å². The van der Waals surface area contributed by atoms with Gasteiger partial charge in [0.05, 0.1) is 0 Å². The molecule has 19 heavy (non-hydrogen) atoms. The molecule has 2 fully saturated rings. The van der Waals surface area contributed by atoms with Crippen molar-refractivity contribution in [1.82, 2.24) is 20.2 Å². The first-order chi connectivity index (χ1) is 9.42. The van der Waals surface area contributed by atoms with Crippen LogP contribution in [0.25, 0.3) is 0 Å². The molecule has 5 heteroatoms. The van der Waals surface area contributed by atoms with Gasteiger partial charge in [0.2, 0.25) is 5.95 Å². The maximum Gasteiger partial charge on any atom is 0.225 e. The first kappa shape index (κ1) is 12.8. The van der Waals surface area contributed by atoms with Crippen LogP contribution < -0.4 is 10.2 Å². The van der Waals surface area contributed by atoms with Crippen LogP contribution >= 0.6 is 0 Å². The van der Waals surface area contributed by atoms with Gasteiger partial charge in [-0.15, -0.1) is 0 Å². The standard InChI is InChI=1S/C14H23N5/c1-3-13(11-15-4-1)12-18-7-9-19(10-8-18)14-16-5-2-6-17-14/h2,5-6,13,15H,1,3-4,7-12H2. The Labute approximate surface area is 115 Å². The molecule has 0 saturated carbocycles. The van der Waals surface area contributed by atoms with E-state index in [-0.39, 0.29) is 0 Å². The molecule has 104 valence electrons. The Bertz CT molecular complexity index is 369. The zero-order chi connectivity index (χ0) is 12.9. The maximum atomic E-state index is 4.33. The van der Waals surface area contributed by atoms with Crippen molar-refractivity contribution in [3.63, 3.8) is 0 Å². The average molecular weight is 261 g/mol. The van der Waals surface area contributed by atoms with Gasteiger partial charge in [-0.1, -0.05) is 0 Å². The Kier molecular flexibility index (Phi) is 4.25. The normalized spacial score (nSPS) is 25.5. The van der Waals surface area contributed by atoms with Crippen molar-refractivity contribution in [3.05, 3.63) is 18.5 Å². The molecule has 2 saturated heterocycles. The molecule has 0 spiro atoms. The average Bonchev–Trinajstić information content (AvgIpc) is 2.50. The highest BCUT2D eigenvalue weighted by Crippen LogP contribution is 2.15. The van der Waals surface area contributed by atoms with Gasteiger partial charge in [-0.05, 0) is 37.9 Å². The van der Waals surface area contributed by atoms with Crippen molar-refractivity contribution in [2.45, 2.75) is 12.8 Å². The fourth-order valence-corrected chi connectivity index (χ4v) is 3.03. The van der Waals surface area contributed by atoms with Crippen LogP contribution in [0.4, 0.5) is 5.95 Å². The van der Waals surface area contributed by atoms with E-state index >= 15 is 0 Å². The molecular formula is C14H23N5. The van der Waals surface area contributed by atoms with E-state index in [1.54, 1.807) is 0 Å². The van der Waals surface area contributed by atoms with Crippen molar-refractivity contribution < 1.29 is 0 Å². The second-order valence-electron chi connectivity index (χ2n) is 5.55. The topological polar surface area (TPSA) is 44.3 Å². The summed E-state index contributed by atoms with van der Waals surface area (Å²) in [6.45, 7) is 8.01. The minimum atomic E-state index is 0.841. The van der Waals surface area contributed by atoms with Crippen LogP contribution in [0.2, 0.25) is 0 Å². The van der Waals surface area contributed by atoms with Crippen molar-refractivity contribution in [3.8, 4) is 0 Å². The van der Waals surface area contributed by atoms with Gasteiger partial charge >= 0.3 is 0 Å². The molecular weight excluding hydrogens is 238 g/mol.